The fraction of sp³-hybridized carbons (Fsp3) is 0.0667. The zero-order valence-electron chi connectivity index (χ0n) is 11.8. The van der Waals surface area contributed by atoms with Gasteiger partial charge in [-0.05, 0) is 36.4 Å². The van der Waals surface area contributed by atoms with E-state index in [1.807, 2.05) is 0 Å². The monoisotopic (exact) mass is 348 g/mol. The molecular weight excluding hydrogens is 336 g/mol. The number of pyridine rings is 1. The molecule has 0 radical (unpaired) electrons. The molecule has 3 aromatic rings. The van der Waals surface area contributed by atoms with Gasteiger partial charge in [0, 0.05) is 23.8 Å². The van der Waals surface area contributed by atoms with E-state index in [4.69, 9.17) is 4.42 Å². The number of hydrogen-bond acceptors (Lipinski definition) is 6. The van der Waals surface area contributed by atoms with Crippen LogP contribution in [-0.4, -0.2) is 19.2 Å². The molecule has 1 N–H and O–H groups in total. The maximum Gasteiger partial charge on any atom is 0.242 e. The van der Waals surface area contributed by atoms with Crippen molar-refractivity contribution in [3.05, 3.63) is 70.6 Å². The number of hydrogen-bond donors (Lipinski definition) is 1. The fourth-order valence-electron chi connectivity index (χ4n) is 1.88. The first-order valence-electron chi connectivity index (χ1n) is 6.63. The molecule has 0 aliphatic rings. The summed E-state index contributed by atoms with van der Waals surface area (Å²) < 4.78 is 31.8. The average molecular weight is 348 g/mol. The summed E-state index contributed by atoms with van der Waals surface area (Å²) in [6.45, 7) is 0.104. The second-order valence-corrected chi connectivity index (χ2v) is 7.52. The maximum absolute atomic E-state index is 12.1. The van der Waals surface area contributed by atoms with Gasteiger partial charge in [-0.15, -0.1) is 11.3 Å². The number of thiophene rings is 1. The molecule has 23 heavy (non-hydrogen) atoms. The summed E-state index contributed by atoms with van der Waals surface area (Å²) in [5, 5.41) is 0. The lowest BCUT2D eigenvalue weighted by atomic mass is 10.2. The van der Waals surface area contributed by atoms with Crippen LogP contribution in [0.1, 0.15) is 20.3 Å². The SMILES string of the molecule is O=C(c1ccco1)c1ccc(CNS(=O)(=O)c2cccnc2)s1. The van der Waals surface area contributed by atoms with Gasteiger partial charge in [0.2, 0.25) is 15.8 Å². The molecule has 0 saturated heterocycles. The topological polar surface area (TPSA) is 89.3 Å². The summed E-state index contributed by atoms with van der Waals surface area (Å²) in [7, 11) is -3.62. The van der Waals surface area contributed by atoms with E-state index in [1.165, 1.54) is 36.1 Å². The highest BCUT2D eigenvalue weighted by Gasteiger charge is 2.17. The predicted molar refractivity (Wildman–Crippen MR) is 84.7 cm³/mol. The number of nitrogens with zero attached hydrogens (tertiary/aromatic N) is 1. The smallest absolute Gasteiger partial charge is 0.242 e. The van der Waals surface area contributed by atoms with Crippen LogP contribution >= 0.6 is 11.3 Å². The Morgan fingerprint density at radius 2 is 2.09 bits per heavy atom. The molecule has 6 nitrogen and oxygen atoms in total. The molecule has 0 atom stereocenters. The summed E-state index contributed by atoms with van der Waals surface area (Å²) in [5.41, 5.74) is 0. The number of sulfonamides is 1. The van der Waals surface area contributed by atoms with Crippen LogP contribution < -0.4 is 4.72 Å². The lowest BCUT2D eigenvalue weighted by Gasteiger charge is -2.04. The van der Waals surface area contributed by atoms with E-state index in [0.29, 0.717) is 4.88 Å². The highest BCUT2D eigenvalue weighted by Crippen LogP contribution is 2.21. The summed E-state index contributed by atoms with van der Waals surface area (Å²) >= 11 is 1.22. The van der Waals surface area contributed by atoms with Gasteiger partial charge in [-0.3, -0.25) is 9.78 Å². The summed E-state index contributed by atoms with van der Waals surface area (Å²) in [5.74, 6) is 0.0377. The number of ketones is 1. The van der Waals surface area contributed by atoms with Gasteiger partial charge >= 0.3 is 0 Å². The zero-order valence-corrected chi connectivity index (χ0v) is 13.4. The van der Waals surface area contributed by atoms with Crippen LogP contribution in [0.5, 0.6) is 0 Å². The summed E-state index contributed by atoms with van der Waals surface area (Å²) in [6, 6.07) is 9.63. The Labute approximate surface area is 136 Å². The molecule has 118 valence electrons. The van der Waals surface area contributed by atoms with Crippen molar-refractivity contribution in [2.75, 3.05) is 0 Å². The number of nitrogens with one attached hydrogen (secondary N) is 1. The number of carbonyl (C=O) groups excluding carboxylic acids is 1. The Bertz CT molecular complexity index is 900. The van der Waals surface area contributed by atoms with Crippen LogP contribution in [0.3, 0.4) is 0 Å². The van der Waals surface area contributed by atoms with E-state index in [0.717, 1.165) is 4.88 Å². The average Bonchev–Trinajstić information content (AvgIpc) is 3.25. The van der Waals surface area contributed by atoms with Gasteiger partial charge in [0.05, 0.1) is 11.1 Å². The van der Waals surface area contributed by atoms with E-state index in [1.54, 1.807) is 30.3 Å². The van der Waals surface area contributed by atoms with E-state index >= 15 is 0 Å². The molecule has 0 amide bonds. The molecule has 0 spiro atoms. The summed E-state index contributed by atoms with van der Waals surface area (Å²) in [4.78, 5) is 17.2. The molecule has 0 aliphatic heterocycles. The van der Waals surface area contributed by atoms with Crippen molar-refractivity contribution < 1.29 is 17.6 Å². The van der Waals surface area contributed by atoms with Crippen LogP contribution in [0.15, 0.2) is 64.4 Å². The van der Waals surface area contributed by atoms with Crippen LogP contribution in [0.4, 0.5) is 0 Å². The molecular formula is C15H12N2O4S2. The second kappa shape index (κ2) is 6.45. The lowest BCUT2D eigenvalue weighted by molar-refractivity contribution is 0.101. The fourth-order valence-corrected chi connectivity index (χ4v) is 3.83. The molecule has 0 bridgehead atoms. The first-order valence-corrected chi connectivity index (χ1v) is 8.93. The van der Waals surface area contributed by atoms with Gasteiger partial charge in [0.1, 0.15) is 4.90 Å². The van der Waals surface area contributed by atoms with E-state index in [9.17, 15) is 13.2 Å². The van der Waals surface area contributed by atoms with E-state index in [-0.39, 0.29) is 23.0 Å². The summed E-state index contributed by atoms with van der Waals surface area (Å²) in [6.07, 6.45) is 4.22. The van der Waals surface area contributed by atoms with E-state index < -0.39 is 10.0 Å². The number of furan rings is 1. The molecule has 0 aromatic carbocycles. The minimum atomic E-state index is -3.62. The Balaban J connectivity index is 1.69. The van der Waals surface area contributed by atoms with Crippen LogP contribution in [-0.2, 0) is 16.6 Å². The Kier molecular flexibility index (Phi) is 4.37. The Morgan fingerprint density at radius 3 is 2.78 bits per heavy atom. The molecule has 0 unspecified atom stereocenters. The molecule has 0 fully saturated rings. The number of aromatic nitrogens is 1. The minimum Gasteiger partial charge on any atom is -0.461 e. The first-order chi connectivity index (χ1) is 11.1. The van der Waals surface area contributed by atoms with Gasteiger partial charge in [-0.25, -0.2) is 13.1 Å². The van der Waals surface area contributed by atoms with E-state index in [2.05, 4.69) is 9.71 Å². The van der Waals surface area contributed by atoms with Crippen molar-refractivity contribution in [2.24, 2.45) is 0 Å². The molecule has 8 heteroatoms. The van der Waals surface area contributed by atoms with Crippen molar-refractivity contribution in [1.82, 2.24) is 9.71 Å². The van der Waals surface area contributed by atoms with Gasteiger partial charge in [-0.1, -0.05) is 0 Å². The highest BCUT2D eigenvalue weighted by atomic mass is 32.2. The van der Waals surface area contributed by atoms with Crippen molar-refractivity contribution in [2.45, 2.75) is 11.4 Å². The van der Waals surface area contributed by atoms with Gasteiger partial charge in [-0.2, -0.15) is 0 Å². The molecule has 0 saturated carbocycles. The van der Waals surface area contributed by atoms with Gasteiger partial charge in [0.15, 0.2) is 5.76 Å². The molecule has 3 rings (SSSR count). The maximum atomic E-state index is 12.1. The Hall–Kier alpha value is -2.29. The number of carbonyl (C=O) groups is 1. The Morgan fingerprint density at radius 1 is 1.22 bits per heavy atom. The van der Waals surface area contributed by atoms with Crippen LogP contribution in [0.2, 0.25) is 0 Å². The van der Waals surface area contributed by atoms with Gasteiger partial charge in [0.25, 0.3) is 0 Å². The molecule has 3 heterocycles. The van der Waals surface area contributed by atoms with Gasteiger partial charge < -0.3 is 4.42 Å². The first kappa shape index (κ1) is 15.6. The normalized spacial score (nSPS) is 11.5. The van der Waals surface area contributed by atoms with Crippen molar-refractivity contribution >= 4 is 27.1 Å². The predicted octanol–water partition coefficient (Wildman–Crippen LogP) is 2.45. The largest absolute Gasteiger partial charge is 0.461 e. The minimum absolute atomic E-state index is 0.100. The standard InChI is InChI=1S/C15H12N2O4S2/c18-15(13-4-2-8-21-13)14-6-5-11(22-14)9-17-23(19,20)12-3-1-7-16-10-12/h1-8,10,17H,9H2. The van der Waals surface area contributed by atoms with Crippen molar-refractivity contribution in [3.63, 3.8) is 0 Å². The quantitative estimate of drug-likeness (QED) is 0.691. The third-order valence-corrected chi connectivity index (χ3v) is 5.48. The third-order valence-electron chi connectivity index (χ3n) is 3.01. The zero-order chi connectivity index (χ0) is 16.3. The third kappa shape index (κ3) is 3.55. The molecule has 0 aliphatic carbocycles. The lowest BCUT2D eigenvalue weighted by Crippen LogP contribution is -2.22. The highest BCUT2D eigenvalue weighted by molar-refractivity contribution is 7.89. The molecule has 3 aromatic heterocycles. The second-order valence-electron chi connectivity index (χ2n) is 4.59. The van der Waals surface area contributed by atoms with Crippen molar-refractivity contribution in [1.29, 1.82) is 0 Å². The van der Waals surface area contributed by atoms with Crippen LogP contribution in [0.25, 0.3) is 0 Å². The van der Waals surface area contributed by atoms with Crippen LogP contribution in [0, 0.1) is 0 Å². The number of rotatable bonds is 6. The van der Waals surface area contributed by atoms with Crippen molar-refractivity contribution in [3.8, 4) is 0 Å².